The van der Waals surface area contributed by atoms with E-state index >= 15 is 0 Å². The molecule has 1 atom stereocenters. The van der Waals surface area contributed by atoms with Gasteiger partial charge >= 0.3 is 0 Å². The third kappa shape index (κ3) is 8.69. The molecule has 0 aliphatic heterocycles. The lowest BCUT2D eigenvalue weighted by molar-refractivity contribution is 0.0716. The Bertz CT molecular complexity index is 269. The highest BCUT2D eigenvalue weighted by atomic mass is 19.1. The van der Waals surface area contributed by atoms with Gasteiger partial charge in [0.1, 0.15) is 19.0 Å². The van der Waals surface area contributed by atoms with Gasteiger partial charge in [0.25, 0.3) is 0 Å². The van der Waals surface area contributed by atoms with Crippen LogP contribution in [0.3, 0.4) is 0 Å². The maximum absolute atomic E-state index is 11.8. The maximum atomic E-state index is 11.8. The van der Waals surface area contributed by atoms with Crippen molar-refractivity contribution in [3.05, 3.63) is 36.6 Å². The van der Waals surface area contributed by atoms with E-state index in [1.54, 1.807) is 12.2 Å². The monoisotopic (exact) mass is 242 g/mol. The molecule has 98 valence electrons. The summed E-state index contributed by atoms with van der Waals surface area (Å²) in [5.41, 5.74) is 0.843. The molecule has 0 N–H and O–H groups in total. The smallest absolute Gasteiger partial charge is 0.123 e. The zero-order valence-corrected chi connectivity index (χ0v) is 11.0. The Kier molecular flexibility index (Phi) is 8.42. The molecule has 1 unspecified atom stereocenters. The van der Waals surface area contributed by atoms with Gasteiger partial charge in [-0.25, -0.2) is 4.39 Å². The SMILES string of the molecule is C=C(/C=C\C(=C)C(C)OCC(C)C)OCCF. The summed E-state index contributed by atoms with van der Waals surface area (Å²) in [7, 11) is 0. The molecule has 0 bridgehead atoms. The Morgan fingerprint density at radius 3 is 2.41 bits per heavy atom. The fourth-order valence-electron chi connectivity index (χ4n) is 0.997. The van der Waals surface area contributed by atoms with Gasteiger partial charge in [-0.3, -0.25) is 0 Å². The van der Waals surface area contributed by atoms with Gasteiger partial charge in [-0.15, -0.1) is 0 Å². The minimum absolute atomic E-state index is 0.0368. The third-order valence-corrected chi connectivity index (χ3v) is 2.05. The van der Waals surface area contributed by atoms with E-state index in [0.29, 0.717) is 18.3 Å². The summed E-state index contributed by atoms with van der Waals surface area (Å²) >= 11 is 0. The topological polar surface area (TPSA) is 18.5 Å². The highest BCUT2D eigenvalue weighted by Gasteiger charge is 2.05. The quantitative estimate of drug-likeness (QED) is 0.454. The molecular weight excluding hydrogens is 219 g/mol. The van der Waals surface area contributed by atoms with Crippen LogP contribution in [0.5, 0.6) is 0 Å². The van der Waals surface area contributed by atoms with Crippen molar-refractivity contribution in [2.24, 2.45) is 5.92 Å². The standard InChI is InChI=1S/C14H23FO2/c1-11(2)10-17-14(5)12(3)6-7-13(4)16-9-8-15/h6-7,11,14H,3-4,8-10H2,1-2,5H3/b7-6-. The zero-order chi connectivity index (χ0) is 13.3. The van der Waals surface area contributed by atoms with Crippen molar-refractivity contribution in [1.29, 1.82) is 0 Å². The fourth-order valence-corrected chi connectivity index (χ4v) is 0.997. The number of halogens is 1. The van der Waals surface area contributed by atoms with E-state index in [1.807, 2.05) is 6.92 Å². The second-order valence-electron chi connectivity index (χ2n) is 4.28. The molecule has 2 nitrogen and oxygen atoms in total. The molecule has 0 fully saturated rings. The van der Waals surface area contributed by atoms with E-state index < -0.39 is 6.67 Å². The van der Waals surface area contributed by atoms with Gasteiger partial charge in [0.15, 0.2) is 0 Å². The fraction of sp³-hybridized carbons (Fsp3) is 0.571. The highest BCUT2D eigenvalue weighted by molar-refractivity contribution is 5.23. The number of hydrogen-bond donors (Lipinski definition) is 0. The van der Waals surface area contributed by atoms with Gasteiger partial charge < -0.3 is 9.47 Å². The molecule has 3 heteroatoms. The number of ether oxygens (including phenoxy) is 2. The van der Waals surface area contributed by atoms with Crippen LogP contribution in [0.2, 0.25) is 0 Å². The van der Waals surface area contributed by atoms with Crippen LogP contribution in [0.25, 0.3) is 0 Å². The summed E-state index contributed by atoms with van der Waals surface area (Å²) in [6, 6.07) is 0. The van der Waals surface area contributed by atoms with Gasteiger partial charge in [0, 0.05) is 6.61 Å². The largest absolute Gasteiger partial charge is 0.491 e. The van der Waals surface area contributed by atoms with E-state index in [9.17, 15) is 4.39 Å². The Morgan fingerprint density at radius 1 is 1.24 bits per heavy atom. The van der Waals surface area contributed by atoms with Crippen LogP contribution in [0.15, 0.2) is 36.6 Å². The van der Waals surface area contributed by atoms with E-state index in [2.05, 4.69) is 27.0 Å². The van der Waals surface area contributed by atoms with Crippen LogP contribution < -0.4 is 0 Å². The van der Waals surface area contributed by atoms with Crippen LogP contribution in [-0.2, 0) is 9.47 Å². The normalized spacial score (nSPS) is 13.0. The molecule has 0 aromatic rings. The van der Waals surface area contributed by atoms with Gasteiger partial charge in [0.05, 0.1) is 6.10 Å². The lowest BCUT2D eigenvalue weighted by atomic mass is 10.1. The van der Waals surface area contributed by atoms with Gasteiger partial charge in [-0.2, -0.15) is 0 Å². The van der Waals surface area contributed by atoms with Crippen molar-refractivity contribution < 1.29 is 13.9 Å². The summed E-state index contributed by atoms with van der Waals surface area (Å²) in [6.45, 7) is 13.9. The zero-order valence-electron chi connectivity index (χ0n) is 11.0. The molecule has 0 aromatic carbocycles. The second-order valence-corrected chi connectivity index (χ2v) is 4.28. The van der Waals surface area contributed by atoms with E-state index in [0.717, 1.165) is 5.57 Å². The summed E-state index contributed by atoms with van der Waals surface area (Å²) in [5, 5.41) is 0. The summed E-state index contributed by atoms with van der Waals surface area (Å²) < 4.78 is 22.4. The number of allylic oxidation sites excluding steroid dienone is 1. The molecule has 0 saturated heterocycles. The average Bonchev–Trinajstić information content (AvgIpc) is 2.29. The molecule has 0 rings (SSSR count). The highest BCUT2D eigenvalue weighted by Crippen LogP contribution is 2.09. The molecule has 0 amide bonds. The first-order valence-corrected chi connectivity index (χ1v) is 5.83. The van der Waals surface area contributed by atoms with Crippen molar-refractivity contribution in [1.82, 2.24) is 0 Å². The molecule has 0 radical (unpaired) electrons. The number of hydrogen-bond acceptors (Lipinski definition) is 2. The summed E-state index contributed by atoms with van der Waals surface area (Å²) in [4.78, 5) is 0. The first kappa shape index (κ1) is 15.9. The summed E-state index contributed by atoms with van der Waals surface area (Å²) in [5.74, 6) is 0.928. The maximum Gasteiger partial charge on any atom is 0.123 e. The van der Waals surface area contributed by atoms with E-state index in [1.165, 1.54) is 0 Å². The minimum Gasteiger partial charge on any atom is -0.491 e. The lowest BCUT2D eigenvalue weighted by Gasteiger charge is -2.15. The lowest BCUT2D eigenvalue weighted by Crippen LogP contribution is -2.13. The van der Waals surface area contributed by atoms with Crippen molar-refractivity contribution in [3.8, 4) is 0 Å². The first-order chi connectivity index (χ1) is 7.97. The van der Waals surface area contributed by atoms with E-state index in [4.69, 9.17) is 9.47 Å². The van der Waals surface area contributed by atoms with E-state index in [-0.39, 0.29) is 12.7 Å². The van der Waals surface area contributed by atoms with Crippen LogP contribution in [0.1, 0.15) is 20.8 Å². The molecule has 0 saturated carbocycles. The second kappa shape index (κ2) is 8.99. The molecule has 0 aromatic heterocycles. The van der Waals surface area contributed by atoms with Crippen molar-refractivity contribution in [2.45, 2.75) is 26.9 Å². The molecule has 0 aliphatic rings. The Morgan fingerprint density at radius 2 is 1.88 bits per heavy atom. The van der Waals surface area contributed by atoms with Crippen molar-refractivity contribution in [2.75, 3.05) is 19.9 Å². The molecule has 0 spiro atoms. The molecule has 0 aliphatic carbocycles. The number of alkyl halides is 1. The van der Waals surface area contributed by atoms with Gasteiger partial charge in [0.2, 0.25) is 0 Å². The predicted molar refractivity (Wildman–Crippen MR) is 69.6 cm³/mol. The van der Waals surface area contributed by atoms with Gasteiger partial charge in [-0.1, -0.05) is 33.1 Å². The Hall–Kier alpha value is -1.09. The molecule has 17 heavy (non-hydrogen) atoms. The van der Waals surface area contributed by atoms with Crippen LogP contribution >= 0.6 is 0 Å². The number of rotatable bonds is 9. The van der Waals surface area contributed by atoms with Crippen LogP contribution in [0.4, 0.5) is 4.39 Å². The third-order valence-electron chi connectivity index (χ3n) is 2.05. The Labute approximate surface area is 104 Å². The van der Waals surface area contributed by atoms with Crippen LogP contribution in [-0.4, -0.2) is 26.0 Å². The van der Waals surface area contributed by atoms with Crippen molar-refractivity contribution >= 4 is 0 Å². The average molecular weight is 242 g/mol. The molecular formula is C14H23FO2. The predicted octanol–water partition coefficient (Wildman–Crippen LogP) is 3.66. The van der Waals surface area contributed by atoms with Gasteiger partial charge in [-0.05, 0) is 24.5 Å². The van der Waals surface area contributed by atoms with Crippen molar-refractivity contribution in [3.63, 3.8) is 0 Å². The summed E-state index contributed by atoms with van der Waals surface area (Å²) in [6.07, 6.45) is 3.42. The van der Waals surface area contributed by atoms with Crippen LogP contribution in [0, 0.1) is 5.92 Å². The molecule has 0 heterocycles. The first-order valence-electron chi connectivity index (χ1n) is 5.83. The Balaban J connectivity index is 3.97. The minimum atomic E-state index is -0.512.